The van der Waals surface area contributed by atoms with Crippen molar-refractivity contribution in [2.24, 2.45) is 16.8 Å². The molecule has 3 nitrogen and oxygen atoms in total. The molecule has 0 aliphatic rings. The van der Waals surface area contributed by atoms with Crippen LogP contribution in [0, 0.1) is 11.7 Å². The van der Waals surface area contributed by atoms with E-state index in [2.05, 4.69) is 5.16 Å². The maximum Gasteiger partial charge on any atom is 0.399 e. The molecule has 0 bridgehead atoms. The topological polar surface area (TPSA) is 58.6 Å². The lowest BCUT2D eigenvalue weighted by atomic mass is 10.1. The first kappa shape index (κ1) is 14.6. The summed E-state index contributed by atoms with van der Waals surface area (Å²) in [6, 6.07) is 5.18. The highest BCUT2D eigenvalue weighted by molar-refractivity contribution is 7.99. The van der Waals surface area contributed by atoms with Crippen LogP contribution in [0.25, 0.3) is 0 Å². The van der Waals surface area contributed by atoms with Gasteiger partial charge in [0.05, 0.1) is 0 Å². The van der Waals surface area contributed by atoms with Crippen molar-refractivity contribution in [1.29, 1.82) is 0 Å². The lowest BCUT2D eigenvalue weighted by Gasteiger charge is -2.18. The van der Waals surface area contributed by atoms with E-state index in [-0.39, 0.29) is 0 Å². The van der Waals surface area contributed by atoms with Gasteiger partial charge in [0, 0.05) is 10.6 Å². The minimum absolute atomic E-state index is 0.343. The molecular formula is C10H10F4N2OS. The summed E-state index contributed by atoms with van der Waals surface area (Å²) in [5.41, 5.74) is 4.99. The Hall–Kier alpha value is -1.44. The van der Waals surface area contributed by atoms with E-state index in [1.54, 1.807) is 0 Å². The number of nitrogens with two attached hydrogens (primary N) is 1. The number of hydrogen-bond donors (Lipinski definition) is 2. The van der Waals surface area contributed by atoms with Crippen LogP contribution in [-0.4, -0.2) is 23.0 Å². The second kappa shape index (κ2) is 5.94. The predicted octanol–water partition coefficient (Wildman–Crippen LogP) is 2.84. The molecule has 3 N–H and O–H groups in total. The van der Waals surface area contributed by atoms with Gasteiger partial charge in [0.15, 0.2) is 5.84 Å². The quantitative estimate of drug-likeness (QED) is 0.223. The molecule has 1 aromatic carbocycles. The van der Waals surface area contributed by atoms with Crippen LogP contribution in [0.1, 0.15) is 0 Å². The maximum absolute atomic E-state index is 12.8. The predicted molar refractivity (Wildman–Crippen MR) is 60.1 cm³/mol. The van der Waals surface area contributed by atoms with Crippen molar-refractivity contribution in [3.05, 3.63) is 30.1 Å². The van der Waals surface area contributed by atoms with Crippen molar-refractivity contribution >= 4 is 17.6 Å². The van der Waals surface area contributed by atoms with Crippen LogP contribution in [0.15, 0.2) is 34.3 Å². The van der Waals surface area contributed by atoms with Gasteiger partial charge in [-0.25, -0.2) is 4.39 Å². The number of oxime groups is 1. The van der Waals surface area contributed by atoms with Gasteiger partial charge in [0.25, 0.3) is 0 Å². The molecule has 18 heavy (non-hydrogen) atoms. The SMILES string of the molecule is N/C(=N/O)C(CSc1cccc(F)c1)C(F)(F)F. The molecular weight excluding hydrogens is 272 g/mol. The Labute approximate surface area is 105 Å². The molecule has 1 unspecified atom stereocenters. The van der Waals surface area contributed by atoms with Crippen molar-refractivity contribution < 1.29 is 22.8 Å². The molecule has 0 saturated heterocycles. The zero-order valence-corrected chi connectivity index (χ0v) is 9.80. The Kier molecular flexibility index (Phi) is 4.83. The smallest absolute Gasteiger partial charge is 0.399 e. The average molecular weight is 282 g/mol. The summed E-state index contributed by atoms with van der Waals surface area (Å²) < 4.78 is 50.6. The van der Waals surface area contributed by atoms with Gasteiger partial charge >= 0.3 is 6.18 Å². The highest BCUT2D eigenvalue weighted by Gasteiger charge is 2.42. The molecule has 0 aliphatic carbocycles. The number of rotatable bonds is 4. The van der Waals surface area contributed by atoms with E-state index in [4.69, 9.17) is 10.9 Å². The van der Waals surface area contributed by atoms with Crippen LogP contribution >= 0.6 is 11.8 Å². The molecule has 0 amide bonds. The first-order valence-corrected chi connectivity index (χ1v) is 5.75. The molecule has 0 fully saturated rings. The Morgan fingerprint density at radius 1 is 1.44 bits per heavy atom. The van der Waals surface area contributed by atoms with Gasteiger partial charge in [-0.15, -0.1) is 11.8 Å². The molecule has 0 radical (unpaired) electrons. The van der Waals surface area contributed by atoms with E-state index < -0.39 is 29.5 Å². The summed E-state index contributed by atoms with van der Waals surface area (Å²) in [5.74, 6) is -4.00. The fraction of sp³-hybridized carbons (Fsp3) is 0.300. The van der Waals surface area contributed by atoms with Gasteiger partial charge in [0.1, 0.15) is 11.7 Å². The first-order valence-electron chi connectivity index (χ1n) is 4.77. The van der Waals surface area contributed by atoms with Gasteiger partial charge in [-0.3, -0.25) is 0 Å². The van der Waals surface area contributed by atoms with Crippen LogP contribution in [0.3, 0.4) is 0 Å². The number of thioether (sulfide) groups is 1. The first-order chi connectivity index (χ1) is 8.34. The fourth-order valence-corrected chi connectivity index (χ4v) is 2.24. The standard InChI is InChI=1S/C10H10F4N2OS/c11-6-2-1-3-7(4-6)18-5-8(9(15)16-17)10(12,13)14/h1-4,8,17H,5H2,(H2,15,16). The zero-order valence-electron chi connectivity index (χ0n) is 8.99. The normalized spacial score (nSPS) is 14.6. The molecule has 0 saturated carbocycles. The number of amidine groups is 1. The maximum atomic E-state index is 12.8. The van der Waals surface area contributed by atoms with E-state index in [0.717, 1.165) is 17.8 Å². The largest absolute Gasteiger partial charge is 0.409 e. The summed E-state index contributed by atoms with van der Waals surface area (Å²) in [7, 11) is 0. The highest BCUT2D eigenvalue weighted by Crippen LogP contribution is 2.32. The van der Waals surface area contributed by atoms with E-state index in [1.165, 1.54) is 18.2 Å². The summed E-state index contributed by atoms with van der Waals surface area (Å²) >= 11 is 0.781. The number of alkyl halides is 3. The molecule has 0 heterocycles. The van der Waals surface area contributed by atoms with Crippen molar-refractivity contribution in [3.63, 3.8) is 0 Å². The van der Waals surface area contributed by atoms with Crippen molar-refractivity contribution in [3.8, 4) is 0 Å². The third-order valence-electron chi connectivity index (χ3n) is 2.08. The van der Waals surface area contributed by atoms with Crippen LogP contribution in [-0.2, 0) is 0 Å². The lowest BCUT2D eigenvalue weighted by molar-refractivity contribution is -0.150. The van der Waals surface area contributed by atoms with Crippen LogP contribution in [0.2, 0.25) is 0 Å². The van der Waals surface area contributed by atoms with Gasteiger partial charge in [-0.1, -0.05) is 11.2 Å². The average Bonchev–Trinajstić information content (AvgIpc) is 2.27. The molecule has 100 valence electrons. The summed E-state index contributed by atoms with van der Waals surface area (Å²) in [6.07, 6.45) is -4.61. The Morgan fingerprint density at radius 2 is 2.11 bits per heavy atom. The molecule has 0 aromatic heterocycles. The molecule has 1 atom stereocenters. The Morgan fingerprint density at radius 3 is 2.61 bits per heavy atom. The van der Waals surface area contributed by atoms with Crippen molar-refractivity contribution in [1.82, 2.24) is 0 Å². The zero-order chi connectivity index (χ0) is 13.8. The van der Waals surface area contributed by atoms with E-state index in [0.29, 0.717) is 4.90 Å². The number of benzene rings is 1. The molecule has 0 spiro atoms. The van der Waals surface area contributed by atoms with E-state index in [9.17, 15) is 17.6 Å². The monoisotopic (exact) mass is 282 g/mol. The minimum Gasteiger partial charge on any atom is -0.409 e. The number of halogens is 4. The van der Waals surface area contributed by atoms with Crippen molar-refractivity contribution in [2.45, 2.75) is 11.1 Å². The second-order valence-electron chi connectivity index (χ2n) is 3.39. The fourth-order valence-electron chi connectivity index (χ4n) is 1.15. The molecule has 0 aliphatic heterocycles. The molecule has 1 rings (SSSR count). The van der Waals surface area contributed by atoms with E-state index in [1.807, 2.05) is 0 Å². The summed E-state index contributed by atoms with van der Waals surface area (Å²) in [4.78, 5) is 0.343. The van der Waals surface area contributed by atoms with Gasteiger partial charge in [-0.2, -0.15) is 13.2 Å². The number of nitrogens with zero attached hydrogens (tertiary/aromatic N) is 1. The summed E-state index contributed by atoms with van der Waals surface area (Å²) in [5, 5.41) is 10.7. The van der Waals surface area contributed by atoms with Crippen LogP contribution in [0.5, 0.6) is 0 Å². The molecule has 1 aromatic rings. The van der Waals surface area contributed by atoms with Gasteiger partial charge in [-0.05, 0) is 18.2 Å². The summed E-state index contributed by atoms with van der Waals surface area (Å²) in [6.45, 7) is 0. The highest BCUT2D eigenvalue weighted by atomic mass is 32.2. The van der Waals surface area contributed by atoms with E-state index >= 15 is 0 Å². The second-order valence-corrected chi connectivity index (χ2v) is 4.48. The van der Waals surface area contributed by atoms with Crippen molar-refractivity contribution in [2.75, 3.05) is 5.75 Å². The third-order valence-corrected chi connectivity index (χ3v) is 3.17. The Bertz CT molecular complexity index is 436. The number of hydrogen-bond acceptors (Lipinski definition) is 3. The van der Waals surface area contributed by atoms with Gasteiger partial charge in [0.2, 0.25) is 0 Å². The van der Waals surface area contributed by atoms with Crippen LogP contribution in [0.4, 0.5) is 17.6 Å². The van der Waals surface area contributed by atoms with Gasteiger partial charge < -0.3 is 10.9 Å². The van der Waals surface area contributed by atoms with Crippen LogP contribution < -0.4 is 5.73 Å². The Balaban J connectivity index is 2.75. The lowest BCUT2D eigenvalue weighted by Crippen LogP contribution is -2.37. The molecule has 8 heteroatoms. The third kappa shape index (κ3) is 4.10. The minimum atomic E-state index is -4.61.